The molecule has 0 spiro atoms. The van der Waals surface area contributed by atoms with Crippen LogP contribution in [0.25, 0.3) is 0 Å². The lowest BCUT2D eigenvalue weighted by Crippen LogP contribution is -2.14. The van der Waals surface area contributed by atoms with Gasteiger partial charge in [0.05, 0.1) is 35.3 Å². The van der Waals surface area contributed by atoms with Gasteiger partial charge in [-0.15, -0.1) is 0 Å². The number of aromatic hydroxyl groups is 1. The number of phenolic OH excluding ortho intramolecular Hbond substituents is 1. The van der Waals surface area contributed by atoms with Crippen LogP contribution in [0.15, 0.2) is 40.1 Å². The highest BCUT2D eigenvalue weighted by atomic mass is 32.2. The number of phenols is 1. The van der Waals surface area contributed by atoms with E-state index in [2.05, 4.69) is 0 Å². The molecule has 0 radical (unpaired) electrons. The average Bonchev–Trinajstić information content (AvgIpc) is 3.15. The number of ether oxygens (including phenoxy) is 3. The van der Waals surface area contributed by atoms with Gasteiger partial charge in [-0.05, 0) is 25.5 Å². The maximum Gasteiger partial charge on any atom is 0.207 e. The largest absolute Gasteiger partial charge is 0.503 e. The van der Waals surface area contributed by atoms with Gasteiger partial charge >= 0.3 is 0 Å². The summed E-state index contributed by atoms with van der Waals surface area (Å²) in [6.07, 6.45) is 0.405. The second-order valence-corrected chi connectivity index (χ2v) is 7.42. The van der Waals surface area contributed by atoms with Crippen molar-refractivity contribution in [3.63, 3.8) is 0 Å². The van der Waals surface area contributed by atoms with Gasteiger partial charge in [0.2, 0.25) is 6.29 Å². The number of aryl methyl sites for hydroxylation is 1. The van der Waals surface area contributed by atoms with Crippen LogP contribution in [0.1, 0.15) is 23.5 Å². The Morgan fingerprint density at radius 2 is 2.04 bits per heavy atom. The predicted octanol–water partition coefficient (Wildman–Crippen LogP) is 3.10. The van der Waals surface area contributed by atoms with E-state index in [1.165, 1.54) is 7.11 Å². The van der Waals surface area contributed by atoms with Crippen molar-refractivity contribution in [2.75, 3.05) is 13.7 Å². The van der Waals surface area contributed by atoms with Gasteiger partial charge in [0.15, 0.2) is 11.5 Å². The molecule has 2 heterocycles. The van der Waals surface area contributed by atoms with Crippen LogP contribution in [-0.2, 0) is 15.5 Å². The third-order valence-electron chi connectivity index (χ3n) is 4.51. The summed E-state index contributed by atoms with van der Waals surface area (Å²) in [6.45, 7) is 2.57. The second kappa shape index (κ2) is 5.79. The first-order valence-electron chi connectivity index (χ1n) is 7.80. The van der Waals surface area contributed by atoms with Crippen molar-refractivity contribution >= 4 is 10.8 Å². The smallest absolute Gasteiger partial charge is 0.207 e. The van der Waals surface area contributed by atoms with Crippen LogP contribution in [-0.4, -0.2) is 29.3 Å². The van der Waals surface area contributed by atoms with Gasteiger partial charge in [0, 0.05) is 16.5 Å². The van der Waals surface area contributed by atoms with E-state index < -0.39 is 10.8 Å². The fourth-order valence-corrected chi connectivity index (χ4v) is 4.62. The second-order valence-electron chi connectivity index (χ2n) is 6.00. The average molecular weight is 346 g/mol. The van der Waals surface area contributed by atoms with E-state index in [0.29, 0.717) is 22.1 Å². The van der Waals surface area contributed by atoms with Crippen molar-refractivity contribution in [2.24, 2.45) is 0 Å². The molecule has 0 saturated carbocycles. The predicted molar refractivity (Wildman–Crippen MR) is 88.2 cm³/mol. The van der Waals surface area contributed by atoms with Crippen molar-refractivity contribution < 1.29 is 23.5 Å². The van der Waals surface area contributed by atoms with Gasteiger partial charge in [-0.3, -0.25) is 0 Å². The highest BCUT2D eigenvalue weighted by molar-refractivity contribution is 7.85. The lowest BCUT2D eigenvalue weighted by atomic mass is 9.98. The zero-order chi connectivity index (χ0) is 16.8. The monoisotopic (exact) mass is 346 g/mol. The number of hydrogen-bond acceptors (Lipinski definition) is 5. The summed E-state index contributed by atoms with van der Waals surface area (Å²) in [5, 5.41) is 10.6. The Balaban J connectivity index is 1.89. The number of fused-ring (bicyclic) bond motifs is 3. The highest BCUT2D eigenvalue weighted by Crippen LogP contribution is 2.52. The summed E-state index contributed by atoms with van der Waals surface area (Å²) >= 11 is 0. The Kier molecular flexibility index (Phi) is 3.73. The highest BCUT2D eigenvalue weighted by Gasteiger charge is 2.43. The van der Waals surface area contributed by atoms with Crippen LogP contribution in [0, 0.1) is 6.92 Å². The Labute approximate surface area is 142 Å². The minimum absolute atomic E-state index is 0.0128. The third kappa shape index (κ3) is 2.29. The summed E-state index contributed by atoms with van der Waals surface area (Å²) in [4.78, 5) is 1.000. The van der Waals surface area contributed by atoms with Gasteiger partial charge < -0.3 is 19.3 Å². The Bertz CT molecular complexity index is 815. The minimum atomic E-state index is -1.54. The maximum absolute atomic E-state index is 13.2. The molecule has 126 valence electrons. The van der Waals surface area contributed by atoms with Gasteiger partial charge in [0.1, 0.15) is 5.75 Å². The van der Waals surface area contributed by atoms with Crippen molar-refractivity contribution in [3.8, 4) is 17.2 Å². The lowest BCUT2D eigenvalue weighted by molar-refractivity contribution is -0.0338. The van der Waals surface area contributed by atoms with E-state index in [1.54, 1.807) is 6.07 Å². The third-order valence-corrected chi connectivity index (χ3v) is 6.00. The van der Waals surface area contributed by atoms with Crippen molar-refractivity contribution in [1.82, 2.24) is 0 Å². The molecule has 24 heavy (non-hydrogen) atoms. The summed E-state index contributed by atoms with van der Waals surface area (Å²) in [7, 11) is -0.0707. The van der Waals surface area contributed by atoms with Crippen LogP contribution in [0.2, 0.25) is 0 Å². The molecule has 1 fully saturated rings. The van der Waals surface area contributed by atoms with Gasteiger partial charge in [-0.25, -0.2) is 4.21 Å². The first-order valence-corrected chi connectivity index (χ1v) is 8.95. The first-order chi connectivity index (χ1) is 11.6. The molecule has 0 unspecified atom stereocenters. The minimum Gasteiger partial charge on any atom is -0.503 e. The molecule has 1 saturated heterocycles. The molecule has 6 heteroatoms. The molecule has 2 aromatic rings. The first kappa shape index (κ1) is 15.5. The molecule has 2 aliphatic rings. The van der Waals surface area contributed by atoms with Crippen LogP contribution >= 0.6 is 0 Å². The molecule has 0 aromatic heterocycles. The van der Waals surface area contributed by atoms with E-state index in [-0.39, 0.29) is 23.7 Å². The van der Waals surface area contributed by atoms with Crippen LogP contribution in [0.3, 0.4) is 0 Å². The van der Waals surface area contributed by atoms with Crippen molar-refractivity contribution in [2.45, 2.75) is 35.3 Å². The van der Waals surface area contributed by atoms with Crippen molar-refractivity contribution in [3.05, 3.63) is 41.5 Å². The Hall–Kier alpha value is -2.05. The Morgan fingerprint density at radius 3 is 2.75 bits per heavy atom. The van der Waals surface area contributed by atoms with Crippen molar-refractivity contribution in [1.29, 1.82) is 0 Å². The maximum atomic E-state index is 13.2. The fraction of sp³-hybridized carbons (Fsp3) is 0.333. The van der Waals surface area contributed by atoms with E-state index in [1.807, 2.05) is 31.2 Å². The molecular weight excluding hydrogens is 328 g/mol. The summed E-state index contributed by atoms with van der Waals surface area (Å²) in [6, 6.07) is 9.08. The zero-order valence-corrected chi connectivity index (χ0v) is 14.3. The molecule has 4 rings (SSSR count). The summed E-state index contributed by atoms with van der Waals surface area (Å²) in [5.41, 5.74) is 1.86. The fourth-order valence-electron chi connectivity index (χ4n) is 3.27. The summed E-state index contributed by atoms with van der Waals surface area (Å²) < 4.78 is 29.8. The van der Waals surface area contributed by atoms with E-state index in [0.717, 1.165) is 17.5 Å². The summed E-state index contributed by atoms with van der Waals surface area (Å²) in [5.74, 6) is 0.728. The molecule has 3 atom stereocenters. The molecule has 0 aliphatic carbocycles. The van der Waals surface area contributed by atoms with Gasteiger partial charge in [-0.2, -0.15) is 0 Å². The molecule has 2 aliphatic heterocycles. The number of hydrogen-bond donors (Lipinski definition) is 1. The zero-order valence-electron chi connectivity index (χ0n) is 13.4. The van der Waals surface area contributed by atoms with E-state index >= 15 is 0 Å². The molecule has 0 bridgehead atoms. The molecule has 5 nitrogen and oxygen atoms in total. The van der Waals surface area contributed by atoms with E-state index in [4.69, 9.17) is 14.2 Å². The molecule has 1 N–H and O–H groups in total. The van der Waals surface area contributed by atoms with Gasteiger partial charge in [-0.1, -0.05) is 17.7 Å². The van der Waals surface area contributed by atoms with E-state index in [9.17, 15) is 9.32 Å². The lowest BCUT2D eigenvalue weighted by Gasteiger charge is -2.15. The molecule has 2 aromatic carbocycles. The van der Waals surface area contributed by atoms with Crippen LogP contribution < -0.4 is 9.47 Å². The van der Waals surface area contributed by atoms with Gasteiger partial charge in [0.25, 0.3) is 0 Å². The van der Waals surface area contributed by atoms with Crippen LogP contribution in [0.5, 0.6) is 17.2 Å². The number of methoxy groups -OCH3 is 1. The normalized spacial score (nSPS) is 22.6. The molecule has 0 amide bonds. The SMILES string of the molecule is COc1cc2c(c([S@@](=O)c3ccc(C)cc3)c1O)[C@H]1CCO[C@H]1O2. The quantitative estimate of drug-likeness (QED) is 0.925. The standard InChI is InChI=1S/C18H18O5S/c1-10-3-5-11(6-4-10)24(20)17-15-12-7-8-22-18(12)23-13(15)9-14(21-2)16(17)19/h3-6,9,12,18-19H,7-8H2,1-2H3/t12-,18+,24+/m1/s1. The topological polar surface area (TPSA) is 65.0 Å². The Morgan fingerprint density at radius 1 is 1.29 bits per heavy atom. The molecular formula is C18H18O5S. The van der Waals surface area contributed by atoms with Crippen LogP contribution in [0.4, 0.5) is 0 Å². The number of benzene rings is 2. The number of rotatable bonds is 3.